The first-order chi connectivity index (χ1) is 15.3. The molecule has 1 unspecified atom stereocenters. The summed E-state index contributed by atoms with van der Waals surface area (Å²) in [6, 6.07) is 18.5. The Morgan fingerprint density at radius 3 is 2.38 bits per heavy atom. The summed E-state index contributed by atoms with van der Waals surface area (Å²) in [5.74, 6) is -1.21. The van der Waals surface area contributed by atoms with E-state index < -0.39 is 17.7 Å². The Hall–Kier alpha value is -3.57. The summed E-state index contributed by atoms with van der Waals surface area (Å²) < 4.78 is 5.54. The number of Topliss-reactive ketones (excluding diaryl/α,β-unsaturated/α-hetero) is 1. The summed E-state index contributed by atoms with van der Waals surface area (Å²) in [4.78, 5) is 28.0. The van der Waals surface area contributed by atoms with Crippen LogP contribution in [0, 0.1) is 13.8 Å². The van der Waals surface area contributed by atoms with Crippen LogP contribution >= 0.6 is 11.6 Å². The van der Waals surface area contributed by atoms with Crippen molar-refractivity contribution in [3.63, 3.8) is 0 Å². The van der Waals surface area contributed by atoms with E-state index in [-0.39, 0.29) is 11.3 Å². The minimum Gasteiger partial charge on any atom is -0.507 e. The number of methoxy groups -OCH3 is 1. The van der Waals surface area contributed by atoms with Crippen molar-refractivity contribution in [2.45, 2.75) is 19.9 Å². The van der Waals surface area contributed by atoms with Gasteiger partial charge in [-0.15, -0.1) is 0 Å². The molecule has 0 bridgehead atoms. The van der Waals surface area contributed by atoms with Gasteiger partial charge in [0.1, 0.15) is 11.5 Å². The Labute approximate surface area is 191 Å². The molecule has 0 spiro atoms. The summed E-state index contributed by atoms with van der Waals surface area (Å²) in [7, 11) is 1.53. The lowest BCUT2D eigenvalue weighted by molar-refractivity contribution is -0.132. The minimum atomic E-state index is -0.859. The molecule has 0 saturated carbocycles. The van der Waals surface area contributed by atoms with Gasteiger partial charge in [0.2, 0.25) is 0 Å². The number of rotatable bonds is 4. The van der Waals surface area contributed by atoms with Gasteiger partial charge in [0, 0.05) is 21.8 Å². The normalized spacial score (nSPS) is 17.6. The molecule has 32 heavy (non-hydrogen) atoms. The SMILES string of the molecule is COc1ccccc1C1/C(=C(\O)c2ccc(Cl)cc2)C(=O)C(=O)N1c1cc(C)ccc1C. The maximum Gasteiger partial charge on any atom is 0.300 e. The number of hydrogen-bond donors (Lipinski definition) is 1. The molecule has 1 saturated heterocycles. The predicted octanol–water partition coefficient (Wildman–Crippen LogP) is 5.59. The fourth-order valence-electron chi connectivity index (χ4n) is 4.01. The van der Waals surface area contributed by atoms with Crippen molar-refractivity contribution in [1.29, 1.82) is 0 Å². The molecule has 3 aromatic rings. The van der Waals surface area contributed by atoms with E-state index in [1.807, 2.05) is 44.2 Å². The first-order valence-corrected chi connectivity index (χ1v) is 10.5. The Morgan fingerprint density at radius 2 is 1.69 bits per heavy atom. The number of halogens is 1. The second-order valence-electron chi connectivity index (χ2n) is 7.71. The van der Waals surface area contributed by atoms with Gasteiger partial charge in [-0.05, 0) is 61.4 Å². The van der Waals surface area contributed by atoms with Crippen LogP contribution in [0.3, 0.4) is 0 Å². The van der Waals surface area contributed by atoms with Gasteiger partial charge < -0.3 is 9.84 Å². The molecular formula is C26H22ClNO4. The third-order valence-electron chi connectivity index (χ3n) is 5.62. The van der Waals surface area contributed by atoms with Gasteiger partial charge >= 0.3 is 0 Å². The lowest BCUT2D eigenvalue weighted by Gasteiger charge is -2.28. The van der Waals surface area contributed by atoms with Crippen molar-refractivity contribution < 1.29 is 19.4 Å². The third-order valence-corrected chi connectivity index (χ3v) is 5.87. The number of aryl methyl sites for hydroxylation is 2. The van der Waals surface area contributed by atoms with E-state index in [0.717, 1.165) is 11.1 Å². The number of carbonyl (C=O) groups excluding carboxylic acids is 2. The van der Waals surface area contributed by atoms with Crippen LogP contribution < -0.4 is 9.64 Å². The lowest BCUT2D eigenvalue weighted by atomic mass is 9.94. The fraction of sp³-hybridized carbons (Fsp3) is 0.154. The zero-order valence-corrected chi connectivity index (χ0v) is 18.7. The van der Waals surface area contributed by atoms with Gasteiger partial charge in [-0.25, -0.2) is 0 Å². The van der Waals surface area contributed by atoms with E-state index in [0.29, 0.717) is 27.6 Å². The van der Waals surface area contributed by atoms with Gasteiger partial charge in [0.25, 0.3) is 11.7 Å². The number of ether oxygens (including phenoxy) is 1. The predicted molar refractivity (Wildman–Crippen MR) is 125 cm³/mol. The summed E-state index contributed by atoms with van der Waals surface area (Å²) in [5, 5.41) is 11.7. The maximum absolute atomic E-state index is 13.3. The topological polar surface area (TPSA) is 66.8 Å². The Morgan fingerprint density at radius 1 is 1.00 bits per heavy atom. The molecule has 162 valence electrons. The number of para-hydroxylation sites is 1. The summed E-state index contributed by atoms with van der Waals surface area (Å²) in [6.07, 6.45) is 0. The number of nitrogens with zero attached hydrogens (tertiary/aromatic N) is 1. The van der Waals surface area contributed by atoms with Crippen LogP contribution in [0.15, 0.2) is 72.3 Å². The monoisotopic (exact) mass is 447 g/mol. The van der Waals surface area contributed by atoms with Crippen molar-refractivity contribution in [2.75, 3.05) is 12.0 Å². The molecule has 1 fully saturated rings. The van der Waals surface area contributed by atoms with Gasteiger partial charge in [-0.3, -0.25) is 14.5 Å². The van der Waals surface area contributed by atoms with Gasteiger partial charge in [0.05, 0.1) is 18.7 Å². The van der Waals surface area contributed by atoms with Crippen LogP contribution in [0.1, 0.15) is 28.3 Å². The molecule has 1 N–H and O–H groups in total. The smallest absolute Gasteiger partial charge is 0.300 e. The average Bonchev–Trinajstić information content (AvgIpc) is 3.05. The molecule has 0 radical (unpaired) electrons. The van der Waals surface area contributed by atoms with Gasteiger partial charge in [-0.2, -0.15) is 0 Å². The first kappa shape index (κ1) is 21.7. The molecular weight excluding hydrogens is 426 g/mol. The van der Waals surface area contributed by atoms with Crippen LogP contribution in [-0.2, 0) is 9.59 Å². The molecule has 6 heteroatoms. The molecule has 0 aliphatic carbocycles. The lowest BCUT2D eigenvalue weighted by Crippen LogP contribution is -2.30. The number of ketones is 1. The van der Waals surface area contributed by atoms with E-state index in [2.05, 4.69) is 0 Å². The molecule has 1 atom stereocenters. The minimum absolute atomic E-state index is 0.00253. The summed E-state index contributed by atoms with van der Waals surface area (Å²) >= 11 is 5.98. The number of aliphatic hydroxyl groups is 1. The quantitative estimate of drug-likeness (QED) is 0.321. The van der Waals surface area contributed by atoms with Crippen molar-refractivity contribution in [1.82, 2.24) is 0 Å². The van der Waals surface area contributed by atoms with Crippen LogP contribution in [0.2, 0.25) is 5.02 Å². The molecule has 0 aromatic heterocycles. The highest BCUT2D eigenvalue weighted by Crippen LogP contribution is 2.45. The second-order valence-corrected chi connectivity index (χ2v) is 8.14. The van der Waals surface area contributed by atoms with Crippen LogP contribution in [0.4, 0.5) is 5.69 Å². The molecule has 3 aromatic carbocycles. The van der Waals surface area contributed by atoms with Gasteiger partial charge in [0.15, 0.2) is 0 Å². The second kappa shape index (κ2) is 8.52. The van der Waals surface area contributed by atoms with Crippen molar-refractivity contribution in [3.05, 3.63) is 99.6 Å². The Bertz CT molecular complexity index is 1250. The standard InChI is InChI=1S/C26H22ClNO4/c1-15-8-9-16(2)20(14-15)28-23(19-6-4-5-7-21(19)32-3)22(25(30)26(28)31)24(29)17-10-12-18(27)13-11-17/h4-14,23,29H,1-3H3/b24-22+. The zero-order chi connectivity index (χ0) is 23.0. The number of amides is 1. The highest BCUT2D eigenvalue weighted by Gasteiger charge is 2.48. The average molecular weight is 448 g/mol. The van der Waals surface area contributed by atoms with E-state index in [1.165, 1.54) is 12.0 Å². The van der Waals surface area contributed by atoms with Crippen LogP contribution in [-0.4, -0.2) is 23.9 Å². The summed E-state index contributed by atoms with van der Waals surface area (Å²) in [6.45, 7) is 3.80. The number of carbonyl (C=O) groups is 2. The molecule has 1 aliphatic rings. The maximum atomic E-state index is 13.3. The molecule has 1 amide bonds. The number of benzene rings is 3. The Kier molecular flexibility index (Phi) is 5.76. The zero-order valence-electron chi connectivity index (χ0n) is 17.9. The Balaban J connectivity index is 2.02. The van der Waals surface area contributed by atoms with E-state index in [9.17, 15) is 14.7 Å². The van der Waals surface area contributed by atoms with E-state index in [1.54, 1.807) is 36.4 Å². The van der Waals surface area contributed by atoms with Gasteiger partial charge in [-0.1, -0.05) is 41.9 Å². The molecule has 5 nitrogen and oxygen atoms in total. The molecule has 1 heterocycles. The van der Waals surface area contributed by atoms with Crippen LogP contribution in [0.5, 0.6) is 5.75 Å². The van der Waals surface area contributed by atoms with Crippen molar-refractivity contribution in [2.24, 2.45) is 0 Å². The largest absolute Gasteiger partial charge is 0.507 e. The highest BCUT2D eigenvalue weighted by molar-refractivity contribution is 6.51. The number of aliphatic hydroxyl groups excluding tert-OH is 1. The number of hydrogen-bond acceptors (Lipinski definition) is 4. The molecule has 4 rings (SSSR count). The third kappa shape index (κ3) is 3.65. The van der Waals surface area contributed by atoms with Crippen molar-refractivity contribution >= 4 is 34.7 Å². The first-order valence-electron chi connectivity index (χ1n) is 10.1. The summed E-state index contributed by atoms with van der Waals surface area (Å²) in [5.41, 5.74) is 3.40. The van der Waals surface area contributed by atoms with E-state index >= 15 is 0 Å². The molecule has 1 aliphatic heterocycles. The van der Waals surface area contributed by atoms with Crippen LogP contribution in [0.25, 0.3) is 5.76 Å². The fourth-order valence-corrected chi connectivity index (χ4v) is 4.14. The number of anilines is 1. The van der Waals surface area contributed by atoms with Crippen molar-refractivity contribution in [3.8, 4) is 5.75 Å². The van der Waals surface area contributed by atoms with E-state index in [4.69, 9.17) is 16.3 Å². The highest BCUT2D eigenvalue weighted by atomic mass is 35.5.